The number of rotatable bonds is 5. The molecule has 3 aromatic heterocycles. The van der Waals surface area contributed by atoms with Crippen LogP contribution in [-0.2, 0) is 0 Å². The monoisotopic (exact) mass is 420 g/mol. The topological polar surface area (TPSA) is 80.6 Å². The SMILES string of the molecule is COc1cc(-c2cc(C)c3c(OC4CCC(N(C)C)CC4)n[nH]c3c2)cn2ncnc12. The van der Waals surface area contributed by atoms with Crippen LogP contribution in [0.3, 0.4) is 0 Å². The fraction of sp³-hybridized carbons (Fsp3) is 0.435. The molecule has 1 N–H and O–H groups in total. The quantitative estimate of drug-likeness (QED) is 0.528. The lowest BCUT2D eigenvalue weighted by atomic mass is 9.92. The Morgan fingerprint density at radius 1 is 1.10 bits per heavy atom. The highest BCUT2D eigenvalue weighted by atomic mass is 16.5. The molecule has 5 rings (SSSR count). The standard InChI is InChI=1S/C23H28N6O2/c1-14-9-15(16-11-20(30-4)22-24-13-25-29(22)12-16)10-19-21(14)23(27-26-19)31-18-7-5-17(6-8-18)28(2)3/h9-13,17-18H,5-8H2,1-4H3,(H,26,27). The second-order valence-electron chi connectivity index (χ2n) is 8.58. The van der Waals surface area contributed by atoms with Gasteiger partial charge in [0, 0.05) is 17.8 Å². The molecule has 0 atom stereocenters. The summed E-state index contributed by atoms with van der Waals surface area (Å²) in [6.45, 7) is 2.10. The van der Waals surface area contributed by atoms with Crippen LogP contribution >= 0.6 is 0 Å². The zero-order chi connectivity index (χ0) is 21.5. The van der Waals surface area contributed by atoms with E-state index in [0.717, 1.165) is 53.3 Å². The van der Waals surface area contributed by atoms with Crippen LogP contribution in [0, 0.1) is 6.92 Å². The summed E-state index contributed by atoms with van der Waals surface area (Å²) in [6.07, 6.45) is 8.16. The first-order chi connectivity index (χ1) is 15.0. The van der Waals surface area contributed by atoms with Gasteiger partial charge in [0.25, 0.3) is 0 Å². The van der Waals surface area contributed by atoms with Gasteiger partial charge in [0.15, 0.2) is 11.4 Å². The molecule has 31 heavy (non-hydrogen) atoms. The minimum Gasteiger partial charge on any atom is -0.493 e. The Kier molecular flexibility index (Phi) is 5.02. The number of pyridine rings is 1. The Morgan fingerprint density at radius 3 is 2.65 bits per heavy atom. The zero-order valence-electron chi connectivity index (χ0n) is 18.4. The number of nitrogens with one attached hydrogen (secondary N) is 1. The molecule has 0 unspecified atom stereocenters. The van der Waals surface area contributed by atoms with Crippen LogP contribution in [0.4, 0.5) is 0 Å². The average molecular weight is 421 g/mol. The number of nitrogens with zero attached hydrogens (tertiary/aromatic N) is 5. The van der Waals surface area contributed by atoms with E-state index in [-0.39, 0.29) is 6.10 Å². The van der Waals surface area contributed by atoms with E-state index in [1.165, 1.54) is 6.33 Å². The van der Waals surface area contributed by atoms with Crippen molar-refractivity contribution in [3.8, 4) is 22.8 Å². The molecule has 0 saturated heterocycles. The maximum atomic E-state index is 6.34. The van der Waals surface area contributed by atoms with E-state index >= 15 is 0 Å². The van der Waals surface area contributed by atoms with Crippen molar-refractivity contribution < 1.29 is 9.47 Å². The van der Waals surface area contributed by atoms with Crippen molar-refractivity contribution in [3.05, 3.63) is 36.3 Å². The minimum atomic E-state index is 0.223. The number of benzene rings is 1. The lowest BCUT2D eigenvalue weighted by Gasteiger charge is -2.32. The molecular weight excluding hydrogens is 392 g/mol. The maximum Gasteiger partial charge on any atom is 0.241 e. The molecule has 1 aliphatic rings. The third kappa shape index (κ3) is 3.61. The summed E-state index contributed by atoms with van der Waals surface area (Å²) in [6, 6.07) is 6.90. The number of H-pyrrole nitrogens is 1. The molecule has 0 radical (unpaired) electrons. The maximum absolute atomic E-state index is 6.34. The first-order valence-electron chi connectivity index (χ1n) is 10.7. The molecule has 1 aromatic carbocycles. The van der Waals surface area contributed by atoms with E-state index in [2.05, 4.69) is 58.3 Å². The van der Waals surface area contributed by atoms with Gasteiger partial charge in [-0.1, -0.05) is 6.07 Å². The van der Waals surface area contributed by atoms with E-state index in [0.29, 0.717) is 23.3 Å². The number of aryl methyl sites for hydroxylation is 1. The molecule has 8 nitrogen and oxygen atoms in total. The van der Waals surface area contributed by atoms with Gasteiger partial charge in [0.2, 0.25) is 5.88 Å². The zero-order valence-corrected chi connectivity index (χ0v) is 18.4. The Morgan fingerprint density at radius 2 is 1.90 bits per heavy atom. The molecule has 0 bridgehead atoms. The van der Waals surface area contributed by atoms with Gasteiger partial charge in [-0.25, -0.2) is 9.50 Å². The van der Waals surface area contributed by atoms with Crippen molar-refractivity contribution >= 4 is 16.6 Å². The van der Waals surface area contributed by atoms with Gasteiger partial charge in [0.1, 0.15) is 12.4 Å². The molecule has 3 heterocycles. The lowest BCUT2D eigenvalue weighted by molar-refractivity contribution is 0.108. The molecule has 1 fully saturated rings. The van der Waals surface area contributed by atoms with Gasteiger partial charge in [-0.05, 0) is 70.0 Å². The second-order valence-corrected chi connectivity index (χ2v) is 8.58. The van der Waals surface area contributed by atoms with Gasteiger partial charge >= 0.3 is 0 Å². The number of ether oxygens (including phenoxy) is 2. The van der Waals surface area contributed by atoms with Crippen LogP contribution in [0.25, 0.3) is 27.7 Å². The molecule has 4 aromatic rings. The number of fused-ring (bicyclic) bond motifs is 2. The predicted octanol–water partition coefficient (Wildman–Crippen LogP) is 3.84. The summed E-state index contributed by atoms with van der Waals surface area (Å²) in [7, 11) is 5.96. The van der Waals surface area contributed by atoms with Gasteiger partial charge in [-0.2, -0.15) is 5.10 Å². The lowest BCUT2D eigenvalue weighted by Crippen LogP contribution is -2.35. The van der Waals surface area contributed by atoms with Crippen LogP contribution in [0.5, 0.6) is 11.6 Å². The van der Waals surface area contributed by atoms with E-state index in [4.69, 9.17) is 9.47 Å². The Labute approximate surface area is 181 Å². The summed E-state index contributed by atoms with van der Waals surface area (Å²) < 4.78 is 13.6. The number of aromatic amines is 1. The van der Waals surface area contributed by atoms with Crippen molar-refractivity contribution in [2.24, 2.45) is 0 Å². The van der Waals surface area contributed by atoms with Gasteiger partial charge in [-0.15, -0.1) is 5.10 Å². The summed E-state index contributed by atoms with van der Waals surface area (Å²) >= 11 is 0. The fourth-order valence-electron chi connectivity index (χ4n) is 4.62. The Hall–Kier alpha value is -3.13. The molecule has 0 spiro atoms. The first kappa shape index (κ1) is 19.8. The van der Waals surface area contributed by atoms with Crippen molar-refractivity contribution in [2.75, 3.05) is 21.2 Å². The van der Waals surface area contributed by atoms with Gasteiger partial charge in [-0.3, -0.25) is 5.10 Å². The summed E-state index contributed by atoms with van der Waals surface area (Å²) in [5.74, 6) is 1.39. The Bertz CT molecular complexity index is 1220. The highest BCUT2D eigenvalue weighted by Crippen LogP contribution is 2.35. The number of aromatic nitrogens is 5. The van der Waals surface area contributed by atoms with Gasteiger partial charge < -0.3 is 14.4 Å². The van der Waals surface area contributed by atoms with Crippen molar-refractivity contribution in [3.63, 3.8) is 0 Å². The van der Waals surface area contributed by atoms with Gasteiger partial charge in [0.05, 0.1) is 18.0 Å². The summed E-state index contributed by atoms with van der Waals surface area (Å²) in [5, 5.41) is 13.0. The first-order valence-corrected chi connectivity index (χ1v) is 10.7. The smallest absolute Gasteiger partial charge is 0.241 e. The molecule has 162 valence electrons. The number of hydrogen-bond donors (Lipinski definition) is 1. The number of methoxy groups -OCH3 is 1. The molecular formula is C23H28N6O2. The van der Waals surface area contributed by atoms with Crippen molar-refractivity contribution in [1.29, 1.82) is 0 Å². The highest BCUT2D eigenvalue weighted by molar-refractivity contribution is 5.91. The van der Waals surface area contributed by atoms with Crippen molar-refractivity contribution in [1.82, 2.24) is 29.7 Å². The molecule has 1 saturated carbocycles. The van der Waals surface area contributed by atoms with E-state index in [1.807, 2.05) is 12.3 Å². The van der Waals surface area contributed by atoms with Crippen LogP contribution in [0.1, 0.15) is 31.2 Å². The largest absolute Gasteiger partial charge is 0.493 e. The number of hydrogen-bond acceptors (Lipinski definition) is 6. The normalized spacial score (nSPS) is 19.4. The average Bonchev–Trinajstić information content (AvgIpc) is 3.40. The van der Waals surface area contributed by atoms with E-state index in [1.54, 1.807) is 11.6 Å². The third-order valence-electron chi connectivity index (χ3n) is 6.37. The minimum absolute atomic E-state index is 0.223. The van der Waals surface area contributed by atoms with Crippen LogP contribution < -0.4 is 9.47 Å². The van der Waals surface area contributed by atoms with E-state index < -0.39 is 0 Å². The fourth-order valence-corrected chi connectivity index (χ4v) is 4.62. The summed E-state index contributed by atoms with van der Waals surface area (Å²) in [5.41, 5.74) is 4.84. The highest BCUT2D eigenvalue weighted by Gasteiger charge is 2.25. The molecule has 0 aliphatic heterocycles. The predicted molar refractivity (Wildman–Crippen MR) is 120 cm³/mol. The molecule has 0 amide bonds. The van der Waals surface area contributed by atoms with Crippen molar-refractivity contribution in [2.45, 2.75) is 44.8 Å². The van der Waals surface area contributed by atoms with E-state index in [9.17, 15) is 0 Å². The van der Waals surface area contributed by atoms with Crippen LogP contribution in [0.15, 0.2) is 30.7 Å². The second kappa shape index (κ2) is 7.85. The third-order valence-corrected chi connectivity index (χ3v) is 6.37. The molecule has 1 aliphatic carbocycles. The Balaban J connectivity index is 1.44. The van der Waals surface area contributed by atoms with Crippen LogP contribution in [-0.4, -0.2) is 63.0 Å². The van der Waals surface area contributed by atoms with Crippen LogP contribution in [0.2, 0.25) is 0 Å². The molecule has 8 heteroatoms. The summed E-state index contributed by atoms with van der Waals surface area (Å²) in [4.78, 5) is 6.57.